The molecule has 1 saturated heterocycles. The van der Waals surface area contributed by atoms with Gasteiger partial charge in [-0.2, -0.15) is 0 Å². The van der Waals surface area contributed by atoms with Crippen LogP contribution in [-0.2, 0) is 22.6 Å². The highest BCUT2D eigenvalue weighted by Gasteiger charge is 2.40. The number of carbonyl (C=O) groups excluding carboxylic acids is 2. The van der Waals surface area contributed by atoms with E-state index >= 15 is 0 Å². The Bertz CT molecular complexity index is 747. The van der Waals surface area contributed by atoms with Crippen LogP contribution < -0.4 is 16.1 Å². The van der Waals surface area contributed by atoms with Crippen molar-refractivity contribution in [1.82, 2.24) is 26.0 Å². The molecule has 2 amide bonds. The van der Waals surface area contributed by atoms with Crippen LogP contribution >= 0.6 is 0 Å². The van der Waals surface area contributed by atoms with Gasteiger partial charge < -0.3 is 15.6 Å². The summed E-state index contributed by atoms with van der Waals surface area (Å²) in [6.07, 6.45) is 3.38. The van der Waals surface area contributed by atoms with Crippen LogP contribution in [0.5, 0.6) is 0 Å². The molecule has 1 aromatic rings. The standard InChI is InChI=1S/C19H25N5O2/c1-13-11-24-17(19(26)21-13)10-16(22-24)18(25)20-7-9-23-8-6-14-4-2-3-5-15(14)12-23/h2-5,11,16-17,22H,6-10,12H2,1H3,(H,20,25)(H,21,26). The zero-order valence-electron chi connectivity index (χ0n) is 15.0. The number of rotatable bonds is 4. The third-order valence-corrected chi connectivity index (χ3v) is 5.31. The van der Waals surface area contributed by atoms with Crippen LogP contribution in [0, 0.1) is 0 Å². The van der Waals surface area contributed by atoms with Gasteiger partial charge in [0.25, 0.3) is 0 Å². The van der Waals surface area contributed by atoms with Crippen molar-refractivity contribution < 1.29 is 9.59 Å². The van der Waals surface area contributed by atoms with Gasteiger partial charge in [-0.05, 0) is 24.5 Å². The van der Waals surface area contributed by atoms with Gasteiger partial charge in [-0.3, -0.25) is 14.5 Å². The molecule has 4 rings (SSSR count). The number of hydrogen-bond acceptors (Lipinski definition) is 5. The molecule has 138 valence electrons. The van der Waals surface area contributed by atoms with Crippen molar-refractivity contribution in [2.45, 2.75) is 38.4 Å². The fourth-order valence-electron chi connectivity index (χ4n) is 3.91. The lowest BCUT2D eigenvalue weighted by Gasteiger charge is -2.28. The number of carbonyl (C=O) groups is 2. The first-order chi connectivity index (χ1) is 12.6. The highest BCUT2D eigenvalue weighted by atomic mass is 16.2. The molecule has 3 N–H and O–H groups in total. The normalized spacial score (nSPS) is 25.2. The van der Waals surface area contributed by atoms with Gasteiger partial charge in [0.1, 0.15) is 12.1 Å². The van der Waals surface area contributed by atoms with Gasteiger partial charge >= 0.3 is 0 Å². The van der Waals surface area contributed by atoms with Crippen molar-refractivity contribution in [3.05, 3.63) is 47.3 Å². The highest BCUT2D eigenvalue weighted by Crippen LogP contribution is 2.20. The molecule has 0 aliphatic carbocycles. The topological polar surface area (TPSA) is 76.7 Å². The van der Waals surface area contributed by atoms with Crippen LogP contribution in [0.4, 0.5) is 0 Å². The van der Waals surface area contributed by atoms with Crippen LogP contribution in [0.1, 0.15) is 24.5 Å². The van der Waals surface area contributed by atoms with E-state index < -0.39 is 0 Å². The smallest absolute Gasteiger partial charge is 0.248 e. The first-order valence-corrected chi connectivity index (χ1v) is 9.21. The molecule has 0 saturated carbocycles. The Labute approximate surface area is 153 Å². The lowest BCUT2D eigenvalue weighted by molar-refractivity contribution is -0.125. The monoisotopic (exact) mass is 355 g/mol. The molecular formula is C19H25N5O2. The van der Waals surface area contributed by atoms with Gasteiger partial charge in [0.15, 0.2) is 0 Å². The number of hydrogen-bond donors (Lipinski definition) is 3. The molecule has 0 aromatic heterocycles. The molecule has 0 bridgehead atoms. The van der Waals surface area contributed by atoms with Crippen molar-refractivity contribution in [3.63, 3.8) is 0 Å². The minimum Gasteiger partial charge on any atom is -0.353 e. The molecular weight excluding hydrogens is 330 g/mol. The van der Waals surface area contributed by atoms with Crippen molar-refractivity contribution in [1.29, 1.82) is 0 Å². The van der Waals surface area contributed by atoms with Crippen LogP contribution in [0.25, 0.3) is 0 Å². The van der Waals surface area contributed by atoms with Crippen LogP contribution in [0.3, 0.4) is 0 Å². The molecule has 1 aromatic carbocycles. The lowest BCUT2D eigenvalue weighted by Crippen LogP contribution is -2.49. The number of allylic oxidation sites excluding steroid dienone is 1. The summed E-state index contributed by atoms with van der Waals surface area (Å²) in [6.45, 7) is 5.24. The van der Waals surface area contributed by atoms with Crippen molar-refractivity contribution in [2.24, 2.45) is 0 Å². The molecule has 7 nitrogen and oxygen atoms in total. The number of amides is 2. The van der Waals surface area contributed by atoms with Crippen molar-refractivity contribution in [2.75, 3.05) is 19.6 Å². The fourth-order valence-corrected chi connectivity index (χ4v) is 3.91. The van der Waals surface area contributed by atoms with Gasteiger partial charge in [-0.25, -0.2) is 5.43 Å². The number of fused-ring (bicyclic) bond motifs is 2. The zero-order chi connectivity index (χ0) is 18.1. The predicted octanol–water partition coefficient (Wildman–Crippen LogP) is 0.0995. The second-order valence-electron chi connectivity index (χ2n) is 7.23. The molecule has 26 heavy (non-hydrogen) atoms. The van der Waals surface area contributed by atoms with Crippen LogP contribution in [0.2, 0.25) is 0 Å². The summed E-state index contributed by atoms with van der Waals surface area (Å²) in [7, 11) is 0. The summed E-state index contributed by atoms with van der Waals surface area (Å²) in [6, 6.07) is 7.87. The highest BCUT2D eigenvalue weighted by molar-refractivity contribution is 5.88. The maximum absolute atomic E-state index is 12.4. The Kier molecular flexibility index (Phi) is 4.65. The van der Waals surface area contributed by atoms with Crippen molar-refractivity contribution in [3.8, 4) is 0 Å². The SMILES string of the molecule is CC1=CN2NC(C(=O)NCCN3CCc4ccccc4C3)CC2C(=O)N1. The third-order valence-electron chi connectivity index (χ3n) is 5.31. The van der Waals surface area contributed by atoms with Crippen LogP contribution in [0.15, 0.2) is 36.2 Å². The summed E-state index contributed by atoms with van der Waals surface area (Å²) in [5.74, 6) is -0.101. The number of benzene rings is 1. The zero-order valence-corrected chi connectivity index (χ0v) is 15.0. The second kappa shape index (κ2) is 7.09. The Morgan fingerprint density at radius 1 is 1.31 bits per heavy atom. The Hall–Kier alpha value is -2.38. The minimum absolute atomic E-state index is 0.0457. The van der Waals surface area contributed by atoms with Crippen molar-refractivity contribution >= 4 is 11.8 Å². The predicted molar refractivity (Wildman–Crippen MR) is 97.5 cm³/mol. The average Bonchev–Trinajstić information content (AvgIpc) is 3.06. The Morgan fingerprint density at radius 3 is 2.96 bits per heavy atom. The van der Waals surface area contributed by atoms with Gasteiger partial charge in [0, 0.05) is 44.5 Å². The van der Waals surface area contributed by atoms with E-state index in [9.17, 15) is 9.59 Å². The maximum atomic E-state index is 12.4. The molecule has 3 aliphatic rings. The molecule has 0 spiro atoms. The summed E-state index contributed by atoms with van der Waals surface area (Å²) in [5, 5.41) is 7.57. The first-order valence-electron chi connectivity index (χ1n) is 9.21. The molecule has 7 heteroatoms. The third kappa shape index (κ3) is 3.45. The number of hydrazine groups is 1. The molecule has 1 fully saturated rings. The van der Waals surface area contributed by atoms with E-state index in [0.29, 0.717) is 13.0 Å². The van der Waals surface area contributed by atoms with Gasteiger partial charge in [0.05, 0.1) is 0 Å². The summed E-state index contributed by atoms with van der Waals surface area (Å²) >= 11 is 0. The van der Waals surface area contributed by atoms with Gasteiger partial charge in [0.2, 0.25) is 11.8 Å². The summed E-state index contributed by atoms with van der Waals surface area (Å²) in [4.78, 5) is 26.8. The quantitative estimate of drug-likeness (QED) is 0.714. The number of nitrogens with zero attached hydrogens (tertiary/aromatic N) is 2. The van der Waals surface area contributed by atoms with E-state index in [1.165, 1.54) is 11.1 Å². The maximum Gasteiger partial charge on any atom is 0.248 e. The summed E-state index contributed by atoms with van der Waals surface area (Å²) < 4.78 is 0. The average molecular weight is 355 g/mol. The van der Waals surface area contributed by atoms with E-state index in [4.69, 9.17) is 0 Å². The largest absolute Gasteiger partial charge is 0.353 e. The van der Waals surface area contributed by atoms with Gasteiger partial charge in [-0.1, -0.05) is 24.3 Å². The van der Waals surface area contributed by atoms with E-state index in [-0.39, 0.29) is 23.9 Å². The lowest BCUT2D eigenvalue weighted by atomic mass is 10.00. The minimum atomic E-state index is -0.366. The fraction of sp³-hybridized carbons (Fsp3) is 0.474. The first kappa shape index (κ1) is 17.1. The van der Waals surface area contributed by atoms with E-state index in [0.717, 1.165) is 31.8 Å². The molecule has 0 radical (unpaired) electrons. The molecule has 3 heterocycles. The molecule has 2 unspecified atom stereocenters. The summed E-state index contributed by atoms with van der Waals surface area (Å²) in [5.41, 5.74) is 6.72. The van der Waals surface area contributed by atoms with Gasteiger partial charge in [-0.15, -0.1) is 0 Å². The Balaban J connectivity index is 1.25. The second-order valence-corrected chi connectivity index (χ2v) is 7.23. The van der Waals surface area contributed by atoms with Crippen LogP contribution in [-0.4, -0.2) is 53.4 Å². The molecule has 2 atom stereocenters. The van der Waals surface area contributed by atoms with E-state index in [1.54, 1.807) is 5.01 Å². The molecule has 3 aliphatic heterocycles. The number of nitrogens with one attached hydrogen (secondary N) is 3. The Morgan fingerprint density at radius 2 is 2.12 bits per heavy atom. The van der Waals surface area contributed by atoms with E-state index in [2.05, 4.69) is 45.2 Å². The van der Waals surface area contributed by atoms with E-state index in [1.807, 2.05) is 13.1 Å².